The third-order valence-corrected chi connectivity index (χ3v) is 3.91. The fraction of sp³-hybridized carbons (Fsp3) is 0.600. The zero-order valence-corrected chi connectivity index (χ0v) is 14.8. The molecule has 18 heavy (non-hydrogen) atoms. The molecule has 0 saturated heterocycles. The van der Waals surface area contributed by atoms with E-state index in [0.29, 0.717) is 0 Å². The van der Waals surface area contributed by atoms with Crippen molar-refractivity contribution in [1.82, 2.24) is 0 Å². The lowest BCUT2D eigenvalue weighted by Gasteiger charge is -2.06. The van der Waals surface area contributed by atoms with Crippen molar-refractivity contribution in [2.24, 2.45) is 0 Å². The number of ether oxygens (including phenoxy) is 1. The van der Waals surface area contributed by atoms with E-state index in [4.69, 9.17) is 4.74 Å². The van der Waals surface area contributed by atoms with Crippen LogP contribution in [0.15, 0.2) is 22.7 Å². The highest BCUT2D eigenvalue weighted by Crippen LogP contribution is 2.18. The van der Waals surface area contributed by atoms with Gasteiger partial charge < -0.3 is 4.74 Å². The third kappa shape index (κ3) is 7.74. The van der Waals surface area contributed by atoms with Crippen LogP contribution in [0.4, 0.5) is 0 Å². The first-order chi connectivity index (χ1) is 8.72. The van der Waals surface area contributed by atoms with Gasteiger partial charge in [0.05, 0.1) is 6.61 Å². The van der Waals surface area contributed by atoms with Crippen LogP contribution in [0.2, 0.25) is 0 Å². The molecule has 1 rings (SSSR count). The number of hydrogen-bond donors (Lipinski definition) is 0. The molecule has 0 N–H and O–H groups in total. The van der Waals surface area contributed by atoms with Gasteiger partial charge in [0.2, 0.25) is 0 Å². The molecule has 0 aliphatic rings. The fourth-order valence-electron chi connectivity index (χ4n) is 1.87. The first-order valence-corrected chi connectivity index (χ1v) is 8.62. The third-order valence-electron chi connectivity index (χ3n) is 2.83. The predicted octanol–water partition coefficient (Wildman–Crippen LogP) is 5.93. The molecule has 1 nitrogen and oxygen atoms in total. The SMILES string of the molecule is CCCCCCCCOCc1cc(Br)cc(I)c1. The van der Waals surface area contributed by atoms with Crippen LogP contribution >= 0.6 is 38.5 Å². The van der Waals surface area contributed by atoms with E-state index in [1.54, 1.807) is 0 Å². The van der Waals surface area contributed by atoms with E-state index in [2.05, 4.69) is 63.6 Å². The summed E-state index contributed by atoms with van der Waals surface area (Å²) in [5.74, 6) is 0. The van der Waals surface area contributed by atoms with Crippen LogP contribution < -0.4 is 0 Å². The first kappa shape index (κ1) is 16.4. The lowest BCUT2D eigenvalue weighted by atomic mass is 10.1. The van der Waals surface area contributed by atoms with Gasteiger partial charge in [-0.2, -0.15) is 0 Å². The van der Waals surface area contributed by atoms with Gasteiger partial charge in [0.25, 0.3) is 0 Å². The second-order valence-electron chi connectivity index (χ2n) is 4.60. The number of hydrogen-bond acceptors (Lipinski definition) is 1. The summed E-state index contributed by atoms with van der Waals surface area (Å²) in [4.78, 5) is 0. The van der Waals surface area contributed by atoms with E-state index in [1.807, 2.05) is 0 Å². The summed E-state index contributed by atoms with van der Waals surface area (Å²) in [5, 5.41) is 0. The lowest BCUT2D eigenvalue weighted by molar-refractivity contribution is 0.116. The zero-order valence-electron chi connectivity index (χ0n) is 11.1. The van der Waals surface area contributed by atoms with Gasteiger partial charge in [-0.25, -0.2) is 0 Å². The zero-order chi connectivity index (χ0) is 13.2. The molecule has 102 valence electrons. The fourth-order valence-corrected chi connectivity index (χ4v) is 3.57. The normalized spacial score (nSPS) is 10.8. The van der Waals surface area contributed by atoms with Crippen molar-refractivity contribution >= 4 is 38.5 Å². The van der Waals surface area contributed by atoms with Crippen LogP contribution in [0.25, 0.3) is 0 Å². The van der Waals surface area contributed by atoms with Crippen molar-refractivity contribution in [2.75, 3.05) is 6.61 Å². The highest BCUT2D eigenvalue weighted by molar-refractivity contribution is 14.1. The molecule has 0 aliphatic carbocycles. The van der Waals surface area contributed by atoms with Crippen molar-refractivity contribution in [3.63, 3.8) is 0 Å². The molecule has 0 aliphatic heterocycles. The van der Waals surface area contributed by atoms with Gasteiger partial charge in [-0.15, -0.1) is 0 Å². The van der Waals surface area contributed by atoms with E-state index >= 15 is 0 Å². The minimum atomic E-state index is 0.727. The second-order valence-corrected chi connectivity index (χ2v) is 6.76. The van der Waals surface area contributed by atoms with Gasteiger partial charge in [0.1, 0.15) is 0 Å². The number of rotatable bonds is 9. The molecular weight excluding hydrogens is 403 g/mol. The smallest absolute Gasteiger partial charge is 0.0717 e. The topological polar surface area (TPSA) is 9.23 Å². The summed E-state index contributed by atoms with van der Waals surface area (Å²) < 4.78 is 8.09. The molecule has 0 aromatic heterocycles. The summed E-state index contributed by atoms with van der Waals surface area (Å²) in [6, 6.07) is 6.41. The van der Waals surface area contributed by atoms with Crippen LogP contribution in [0.3, 0.4) is 0 Å². The van der Waals surface area contributed by atoms with Crippen LogP contribution in [0.1, 0.15) is 51.0 Å². The predicted molar refractivity (Wildman–Crippen MR) is 89.9 cm³/mol. The van der Waals surface area contributed by atoms with E-state index in [1.165, 1.54) is 47.7 Å². The molecule has 1 aromatic rings. The Kier molecular flexibility index (Phi) is 9.33. The van der Waals surface area contributed by atoms with Crippen molar-refractivity contribution in [2.45, 2.75) is 52.1 Å². The summed E-state index contributed by atoms with van der Waals surface area (Å²) in [7, 11) is 0. The Morgan fingerprint density at radius 1 is 1.06 bits per heavy atom. The van der Waals surface area contributed by atoms with Crippen LogP contribution in [-0.2, 0) is 11.3 Å². The largest absolute Gasteiger partial charge is 0.377 e. The summed E-state index contributed by atoms with van der Waals surface area (Å²) in [5.41, 5.74) is 1.25. The van der Waals surface area contributed by atoms with Gasteiger partial charge in [0, 0.05) is 14.6 Å². The Hall–Kier alpha value is 0.390. The van der Waals surface area contributed by atoms with E-state index in [9.17, 15) is 0 Å². The van der Waals surface area contributed by atoms with Gasteiger partial charge in [-0.05, 0) is 52.8 Å². The molecule has 0 spiro atoms. The Labute approximate surface area is 133 Å². The molecule has 0 unspecified atom stereocenters. The Morgan fingerprint density at radius 2 is 1.78 bits per heavy atom. The molecule has 0 fully saturated rings. The van der Waals surface area contributed by atoms with E-state index < -0.39 is 0 Å². The molecule has 0 atom stereocenters. The Bertz CT molecular complexity index is 321. The summed E-state index contributed by atoms with van der Waals surface area (Å²) in [6.45, 7) is 3.86. The standard InChI is InChI=1S/C15H22BrIO/c1-2-3-4-5-6-7-8-18-12-13-9-14(16)11-15(17)10-13/h9-11H,2-8,12H2,1H3. The van der Waals surface area contributed by atoms with Crippen LogP contribution in [0.5, 0.6) is 0 Å². The maximum Gasteiger partial charge on any atom is 0.0717 e. The van der Waals surface area contributed by atoms with Crippen molar-refractivity contribution in [3.8, 4) is 0 Å². The van der Waals surface area contributed by atoms with E-state index in [0.717, 1.165) is 17.7 Å². The lowest BCUT2D eigenvalue weighted by Crippen LogP contribution is -1.96. The maximum atomic E-state index is 5.71. The average molecular weight is 425 g/mol. The van der Waals surface area contributed by atoms with Gasteiger partial charge >= 0.3 is 0 Å². The highest BCUT2D eigenvalue weighted by Gasteiger charge is 1.98. The van der Waals surface area contributed by atoms with Gasteiger partial charge in [-0.1, -0.05) is 55.0 Å². The summed E-state index contributed by atoms with van der Waals surface area (Å²) >= 11 is 5.84. The molecule has 0 bridgehead atoms. The van der Waals surface area contributed by atoms with Crippen molar-refractivity contribution in [3.05, 3.63) is 31.8 Å². The first-order valence-electron chi connectivity index (χ1n) is 6.75. The summed E-state index contributed by atoms with van der Waals surface area (Å²) in [6.07, 6.45) is 7.91. The molecule has 0 saturated carbocycles. The molecule has 0 heterocycles. The molecule has 0 radical (unpaired) electrons. The van der Waals surface area contributed by atoms with Gasteiger partial charge in [-0.3, -0.25) is 0 Å². The minimum absolute atomic E-state index is 0.727. The van der Waals surface area contributed by atoms with Crippen LogP contribution in [-0.4, -0.2) is 6.61 Å². The molecule has 0 amide bonds. The van der Waals surface area contributed by atoms with Crippen LogP contribution in [0, 0.1) is 3.57 Å². The monoisotopic (exact) mass is 424 g/mol. The Morgan fingerprint density at radius 3 is 2.50 bits per heavy atom. The highest BCUT2D eigenvalue weighted by atomic mass is 127. The van der Waals surface area contributed by atoms with Crippen molar-refractivity contribution in [1.29, 1.82) is 0 Å². The van der Waals surface area contributed by atoms with E-state index in [-0.39, 0.29) is 0 Å². The van der Waals surface area contributed by atoms with Gasteiger partial charge in [0.15, 0.2) is 0 Å². The quantitative estimate of drug-likeness (QED) is 0.352. The number of unbranched alkanes of at least 4 members (excludes halogenated alkanes) is 5. The Balaban J connectivity index is 2.07. The molecule has 3 heteroatoms. The maximum absolute atomic E-state index is 5.71. The average Bonchev–Trinajstić information content (AvgIpc) is 2.31. The van der Waals surface area contributed by atoms with Crippen molar-refractivity contribution < 1.29 is 4.74 Å². The minimum Gasteiger partial charge on any atom is -0.377 e. The molecule has 1 aromatic carbocycles. The number of halogens is 2. The second kappa shape index (κ2) is 10.2. The number of benzene rings is 1. The molecular formula is C15H22BrIO.